The molecule has 3 fully saturated rings. The van der Waals surface area contributed by atoms with Crippen LogP contribution in [0.1, 0.15) is 69.6 Å². The van der Waals surface area contributed by atoms with Crippen LogP contribution in [0.3, 0.4) is 0 Å². The van der Waals surface area contributed by atoms with Crippen molar-refractivity contribution < 1.29 is 38.2 Å². The summed E-state index contributed by atoms with van der Waals surface area (Å²) in [5, 5.41) is 11.4. The average molecular weight is 650 g/mol. The van der Waals surface area contributed by atoms with Gasteiger partial charge in [-0.1, -0.05) is 0 Å². The van der Waals surface area contributed by atoms with Crippen molar-refractivity contribution >= 4 is 35.3 Å². The van der Waals surface area contributed by atoms with Crippen LogP contribution in [0.15, 0.2) is 36.4 Å². The third-order valence-corrected chi connectivity index (χ3v) is 9.78. The van der Waals surface area contributed by atoms with Crippen LogP contribution in [-0.2, 0) is 9.59 Å². The molecule has 2 saturated heterocycles. The Labute approximate surface area is 272 Å². The monoisotopic (exact) mass is 649 g/mol. The number of ether oxygens (including phenoxy) is 1. The van der Waals surface area contributed by atoms with Crippen molar-refractivity contribution in [2.75, 3.05) is 51.7 Å². The van der Waals surface area contributed by atoms with Crippen LogP contribution in [0, 0.1) is 11.7 Å². The van der Waals surface area contributed by atoms with Crippen LogP contribution < -0.4 is 15.0 Å². The molecule has 3 aliphatic heterocycles. The van der Waals surface area contributed by atoms with Gasteiger partial charge in [-0.05, 0) is 75.7 Å². The summed E-state index contributed by atoms with van der Waals surface area (Å²) in [6, 6.07) is 8.23. The third-order valence-electron chi connectivity index (χ3n) is 9.78. The van der Waals surface area contributed by atoms with E-state index in [-0.39, 0.29) is 35.6 Å². The van der Waals surface area contributed by atoms with Gasteiger partial charge in [-0.2, -0.15) is 0 Å². The summed E-state index contributed by atoms with van der Waals surface area (Å²) in [4.78, 5) is 68.9. The highest BCUT2D eigenvalue weighted by Gasteiger charge is 2.45. The Bertz CT molecular complexity index is 1580. The Balaban J connectivity index is 1.03. The number of carbonyl (C=O) groups is 5. The van der Waals surface area contributed by atoms with Gasteiger partial charge in [-0.3, -0.25) is 34.3 Å². The van der Waals surface area contributed by atoms with Crippen molar-refractivity contribution in [2.45, 2.75) is 56.7 Å². The lowest BCUT2D eigenvalue weighted by atomic mass is 9.86. The van der Waals surface area contributed by atoms with Gasteiger partial charge in [0.25, 0.3) is 11.8 Å². The van der Waals surface area contributed by atoms with Crippen LogP contribution in [0.5, 0.6) is 5.75 Å². The Hall–Kier alpha value is -4.36. The third kappa shape index (κ3) is 6.86. The van der Waals surface area contributed by atoms with Crippen LogP contribution in [0.2, 0.25) is 0 Å². The van der Waals surface area contributed by atoms with E-state index < -0.39 is 41.5 Å². The van der Waals surface area contributed by atoms with E-state index in [0.29, 0.717) is 36.5 Å². The van der Waals surface area contributed by atoms with E-state index in [0.717, 1.165) is 56.3 Å². The second kappa shape index (κ2) is 13.4. The van der Waals surface area contributed by atoms with Gasteiger partial charge in [0.05, 0.1) is 22.4 Å². The van der Waals surface area contributed by atoms with Crippen molar-refractivity contribution in [2.24, 2.45) is 5.92 Å². The van der Waals surface area contributed by atoms with Crippen LogP contribution >= 0.6 is 0 Å². The summed E-state index contributed by atoms with van der Waals surface area (Å²) in [6.07, 6.45) is 3.58. The number of carboxylic acids is 1. The Morgan fingerprint density at radius 1 is 0.979 bits per heavy atom. The lowest BCUT2D eigenvalue weighted by Gasteiger charge is -2.45. The standard InChI is InChI=1S/C34H40FN5O7/c1-37(2)13-14-39(19-20-9-11-38(12-10-20)28-6-3-21(34(45)46)15-27(28)35)22-16-24(17-22)47-23-4-5-25-26(18-23)33(44)40(32(25)43)29-7-8-30(41)36-31(29)42/h3-6,15,18,20,22,24,29H,7-14,16-17,19H2,1-2H3,(H,45,46)(H,36,41,42). The smallest absolute Gasteiger partial charge is 0.335 e. The molecule has 4 aliphatic rings. The maximum Gasteiger partial charge on any atom is 0.335 e. The highest BCUT2D eigenvalue weighted by atomic mass is 19.1. The van der Waals surface area contributed by atoms with Crippen molar-refractivity contribution in [1.82, 2.24) is 20.0 Å². The maximum atomic E-state index is 14.7. The number of carbonyl (C=O) groups excluding carboxylic acids is 4. The van der Waals surface area contributed by atoms with E-state index in [1.54, 1.807) is 24.3 Å². The number of benzene rings is 2. The lowest BCUT2D eigenvalue weighted by Crippen LogP contribution is -2.54. The molecule has 1 saturated carbocycles. The molecule has 2 aromatic rings. The quantitative estimate of drug-likeness (QED) is 0.349. The Morgan fingerprint density at radius 3 is 2.36 bits per heavy atom. The van der Waals surface area contributed by atoms with Gasteiger partial charge >= 0.3 is 5.97 Å². The minimum atomic E-state index is -1.15. The molecule has 1 aliphatic carbocycles. The predicted molar refractivity (Wildman–Crippen MR) is 169 cm³/mol. The number of hydrogen-bond donors (Lipinski definition) is 2. The molecule has 3 heterocycles. The Kier molecular flexibility index (Phi) is 9.29. The van der Waals surface area contributed by atoms with Gasteiger partial charge in [0, 0.05) is 58.0 Å². The number of aromatic carboxylic acids is 1. The molecule has 1 unspecified atom stereocenters. The van der Waals surface area contributed by atoms with Crippen molar-refractivity contribution in [3.8, 4) is 5.75 Å². The first-order valence-corrected chi connectivity index (χ1v) is 16.2. The van der Waals surface area contributed by atoms with E-state index in [1.807, 2.05) is 4.90 Å². The molecule has 4 amide bonds. The van der Waals surface area contributed by atoms with E-state index in [4.69, 9.17) is 9.84 Å². The second-order valence-electron chi connectivity index (χ2n) is 13.2. The zero-order chi connectivity index (χ0) is 33.4. The molecule has 13 heteroatoms. The van der Waals surface area contributed by atoms with Gasteiger partial charge in [0.2, 0.25) is 11.8 Å². The number of anilines is 1. The summed E-state index contributed by atoms with van der Waals surface area (Å²) in [5.41, 5.74) is 0.805. The molecule has 0 spiro atoms. The molecule has 0 radical (unpaired) electrons. The number of nitrogens with one attached hydrogen (secondary N) is 1. The van der Waals surface area contributed by atoms with Gasteiger partial charge in [0.15, 0.2) is 0 Å². The number of halogens is 1. The van der Waals surface area contributed by atoms with Gasteiger partial charge in [0.1, 0.15) is 23.7 Å². The number of likely N-dealkylation sites (N-methyl/N-ethyl adjacent to an activating group) is 1. The van der Waals surface area contributed by atoms with Crippen LogP contribution in [-0.4, -0.2) is 114 Å². The first-order chi connectivity index (χ1) is 22.5. The van der Waals surface area contributed by atoms with E-state index in [2.05, 4.69) is 29.2 Å². The number of piperidine rings is 2. The minimum Gasteiger partial charge on any atom is -0.490 e. The van der Waals surface area contributed by atoms with Crippen molar-refractivity contribution in [3.63, 3.8) is 0 Å². The van der Waals surface area contributed by atoms with Gasteiger partial charge in [-0.15, -0.1) is 0 Å². The molecular formula is C34H40FN5O7. The molecule has 2 N–H and O–H groups in total. The van der Waals surface area contributed by atoms with Gasteiger partial charge < -0.3 is 19.6 Å². The zero-order valence-corrected chi connectivity index (χ0v) is 26.6. The number of nitrogens with zero attached hydrogens (tertiary/aromatic N) is 4. The molecular weight excluding hydrogens is 609 g/mol. The lowest BCUT2D eigenvalue weighted by molar-refractivity contribution is -0.136. The summed E-state index contributed by atoms with van der Waals surface area (Å²) in [6.45, 7) is 4.14. The van der Waals surface area contributed by atoms with Crippen LogP contribution in [0.4, 0.5) is 10.1 Å². The molecule has 0 aromatic heterocycles. The Morgan fingerprint density at radius 2 is 1.70 bits per heavy atom. The molecule has 12 nitrogen and oxygen atoms in total. The number of carboxylic acid groups (broad SMARTS) is 1. The molecule has 2 aromatic carbocycles. The fraction of sp³-hybridized carbons (Fsp3) is 0.500. The van der Waals surface area contributed by atoms with Gasteiger partial charge in [-0.25, -0.2) is 9.18 Å². The SMILES string of the molecule is CN(C)CCN(CC1CCN(c2ccc(C(=O)O)cc2F)CC1)C1CC(Oc2ccc3c(c2)C(=O)N(C2CCC(=O)NC2=O)C3=O)C1. The number of rotatable bonds is 11. The van der Waals surface area contributed by atoms with Crippen molar-refractivity contribution in [1.29, 1.82) is 0 Å². The molecule has 47 heavy (non-hydrogen) atoms. The summed E-state index contributed by atoms with van der Waals surface area (Å²) in [5.74, 6) is -2.87. The highest BCUT2D eigenvalue weighted by molar-refractivity contribution is 6.23. The average Bonchev–Trinajstić information content (AvgIpc) is 3.26. The minimum absolute atomic E-state index is 0.0445. The number of amides is 4. The largest absolute Gasteiger partial charge is 0.490 e. The first-order valence-electron chi connectivity index (χ1n) is 16.2. The van der Waals surface area contributed by atoms with E-state index >= 15 is 0 Å². The van der Waals surface area contributed by atoms with E-state index in [1.165, 1.54) is 6.07 Å². The molecule has 6 rings (SSSR count). The summed E-state index contributed by atoms with van der Waals surface area (Å²) >= 11 is 0. The normalized spacial score (nSPS) is 23.3. The summed E-state index contributed by atoms with van der Waals surface area (Å²) < 4.78 is 20.9. The first kappa shape index (κ1) is 32.6. The summed E-state index contributed by atoms with van der Waals surface area (Å²) in [7, 11) is 4.10. The van der Waals surface area contributed by atoms with Crippen LogP contribution in [0.25, 0.3) is 0 Å². The van der Waals surface area contributed by atoms with Crippen molar-refractivity contribution in [3.05, 3.63) is 58.9 Å². The molecule has 1 atom stereocenters. The molecule has 250 valence electrons. The second-order valence-corrected chi connectivity index (χ2v) is 13.2. The highest BCUT2D eigenvalue weighted by Crippen LogP contribution is 2.35. The number of imide groups is 2. The number of hydrogen-bond acceptors (Lipinski definition) is 9. The zero-order valence-electron chi connectivity index (χ0n) is 26.6. The predicted octanol–water partition coefficient (Wildman–Crippen LogP) is 2.62. The number of fused-ring (bicyclic) bond motifs is 1. The molecule has 0 bridgehead atoms. The fourth-order valence-electron chi connectivity index (χ4n) is 6.98. The maximum absolute atomic E-state index is 14.7. The fourth-order valence-corrected chi connectivity index (χ4v) is 6.98. The topological polar surface area (TPSA) is 140 Å². The van der Waals surface area contributed by atoms with E-state index in [9.17, 15) is 28.4 Å².